The summed E-state index contributed by atoms with van der Waals surface area (Å²) in [4.78, 5) is 0. The van der Waals surface area contributed by atoms with Gasteiger partial charge >= 0.3 is 0 Å². The van der Waals surface area contributed by atoms with Gasteiger partial charge in [0.1, 0.15) is 17.7 Å². The summed E-state index contributed by atoms with van der Waals surface area (Å²) >= 11 is 6.25. The van der Waals surface area contributed by atoms with Crippen LogP contribution in [0.1, 0.15) is 17.2 Å². The lowest BCUT2D eigenvalue weighted by molar-refractivity contribution is 0.214. The first-order chi connectivity index (χ1) is 8.49. The first kappa shape index (κ1) is 13.6. The highest BCUT2D eigenvalue weighted by molar-refractivity contribution is 9.10. The number of rotatable bonds is 2. The fraction of sp³-hybridized carbons (Fsp3) is 0.0769. The molecule has 1 nitrogen and oxygen atoms in total. The predicted molar refractivity (Wildman–Crippen MR) is 72.3 cm³/mol. The Hall–Kier alpha value is -0.780. The van der Waals surface area contributed by atoms with Crippen LogP contribution in [0.15, 0.2) is 45.3 Å². The Morgan fingerprint density at radius 3 is 2.28 bits per heavy atom. The topological polar surface area (TPSA) is 20.2 Å². The van der Waals surface area contributed by atoms with Gasteiger partial charge in [-0.05, 0) is 51.8 Å². The van der Waals surface area contributed by atoms with Gasteiger partial charge in [0, 0.05) is 10.0 Å². The first-order valence-corrected chi connectivity index (χ1v) is 6.65. The van der Waals surface area contributed by atoms with Crippen LogP contribution < -0.4 is 0 Å². The van der Waals surface area contributed by atoms with Crippen LogP contribution >= 0.6 is 31.9 Å². The van der Waals surface area contributed by atoms with Crippen LogP contribution in [-0.4, -0.2) is 5.11 Å². The average molecular weight is 378 g/mol. The van der Waals surface area contributed by atoms with Crippen LogP contribution in [0.2, 0.25) is 0 Å². The van der Waals surface area contributed by atoms with Crippen molar-refractivity contribution in [3.63, 3.8) is 0 Å². The van der Waals surface area contributed by atoms with Crippen LogP contribution in [-0.2, 0) is 0 Å². The van der Waals surface area contributed by atoms with E-state index >= 15 is 0 Å². The number of aliphatic hydroxyl groups is 1. The molecule has 0 fully saturated rings. The van der Waals surface area contributed by atoms with Crippen molar-refractivity contribution >= 4 is 31.9 Å². The standard InChI is InChI=1S/C13H8Br2F2O/c14-8-2-4-11(16)9(6-8)13(18)7-1-3-12(17)10(15)5-7/h1-6,13,18H. The SMILES string of the molecule is OC(c1ccc(F)c(Br)c1)c1cc(Br)ccc1F. The zero-order valence-corrected chi connectivity index (χ0v) is 12.2. The number of benzene rings is 2. The second-order valence-electron chi connectivity index (χ2n) is 3.74. The van der Waals surface area contributed by atoms with Crippen molar-refractivity contribution in [3.05, 3.63) is 68.1 Å². The second-order valence-corrected chi connectivity index (χ2v) is 5.51. The zero-order chi connectivity index (χ0) is 13.3. The minimum absolute atomic E-state index is 0.142. The Morgan fingerprint density at radius 1 is 0.944 bits per heavy atom. The molecule has 2 aromatic carbocycles. The van der Waals surface area contributed by atoms with Gasteiger partial charge in [-0.3, -0.25) is 0 Å². The van der Waals surface area contributed by atoms with Gasteiger partial charge in [-0.1, -0.05) is 22.0 Å². The number of aliphatic hydroxyl groups excluding tert-OH is 1. The number of halogens is 4. The molecule has 0 saturated heterocycles. The van der Waals surface area contributed by atoms with E-state index in [9.17, 15) is 13.9 Å². The molecule has 2 rings (SSSR count). The third-order valence-corrected chi connectivity index (χ3v) is 3.61. The largest absolute Gasteiger partial charge is 0.384 e. The molecule has 0 heterocycles. The molecule has 0 aliphatic heterocycles. The van der Waals surface area contributed by atoms with Crippen molar-refractivity contribution in [2.24, 2.45) is 0 Å². The minimum atomic E-state index is -1.14. The van der Waals surface area contributed by atoms with Gasteiger partial charge in [-0.25, -0.2) is 8.78 Å². The molecule has 0 aromatic heterocycles. The van der Waals surface area contributed by atoms with E-state index in [0.717, 1.165) is 0 Å². The van der Waals surface area contributed by atoms with E-state index in [0.29, 0.717) is 10.0 Å². The summed E-state index contributed by atoms with van der Waals surface area (Å²) in [7, 11) is 0. The van der Waals surface area contributed by atoms with E-state index in [4.69, 9.17) is 0 Å². The maximum Gasteiger partial charge on any atom is 0.137 e. The molecule has 1 atom stereocenters. The fourth-order valence-corrected chi connectivity index (χ4v) is 2.36. The highest BCUT2D eigenvalue weighted by Gasteiger charge is 2.16. The summed E-state index contributed by atoms with van der Waals surface area (Å²) < 4.78 is 27.6. The van der Waals surface area contributed by atoms with Gasteiger partial charge < -0.3 is 5.11 Å². The van der Waals surface area contributed by atoms with Gasteiger partial charge in [0.05, 0.1) is 4.47 Å². The third-order valence-electron chi connectivity index (χ3n) is 2.51. The summed E-state index contributed by atoms with van der Waals surface area (Å²) in [5, 5.41) is 10.1. The van der Waals surface area contributed by atoms with Gasteiger partial charge in [0.15, 0.2) is 0 Å². The zero-order valence-electron chi connectivity index (χ0n) is 9.00. The smallest absolute Gasteiger partial charge is 0.137 e. The lowest BCUT2D eigenvalue weighted by Crippen LogP contribution is -2.03. The highest BCUT2D eigenvalue weighted by atomic mass is 79.9. The summed E-state index contributed by atoms with van der Waals surface area (Å²) in [5.41, 5.74) is 0.558. The molecule has 0 aliphatic rings. The van der Waals surface area contributed by atoms with Gasteiger partial charge in [0.2, 0.25) is 0 Å². The second kappa shape index (κ2) is 5.47. The molecule has 0 saturated carbocycles. The lowest BCUT2D eigenvalue weighted by atomic mass is 10.0. The van der Waals surface area contributed by atoms with E-state index < -0.39 is 17.7 Å². The monoisotopic (exact) mass is 376 g/mol. The minimum Gasteiger partial charge on any atom is -0.384 e. The average Bonchev–Trinajstić information content (AvgIpc) is 2.35. The Balaban J connectivity index is 2.44. The molecule has 2 aromatic rings. The molecular formula is C13H8Br2F2O. The maximum absolute atomic E-state index is 13.6. The van der Waals surface area contributed by atoms with Gasteiger partial charge in [-0.15, -0.1) is 0 Å². The van der Waals surface area contributed by atoms with E-state index in [-0.39, 0.29) is 10.0 Å². The quantitative estimate of drug-likeness (QED) is 0.812. The van der Waals surface area contributed by atoms with E-state index in [1.54, 1.807) is 6.07 Å². The van der Waals surface area contributed by atoms with Crippen molar-refractivity contribution in [2.75, 3.05) is 0 Å². The highest BCUT2D eigenvalue weighted by Crippen LogP contribution is 2.29. The van der Waals surface area contributed by atoms with Crippen LogP contribution in [0.4, 0.5) is 8.78 Å². The maximum atomic E-state index is 13.6. The Labute approximate surface area is 120 Å². The summed E-state index contributed by atoms with van der Waals surface area (Å²) in [6, 6.07) is 8.38. The molecule has 0 bridgehead atoms. The van der Waals surface area contributed by atoms with Crippen molar-refractivity contribution < 1.29 is 13.9 Å². The number of hydrogen-bond acceptors (Lipinski definition) is 1. The fourth-order valence-electron chi connectivity index (χ4n) is 1.59. The van der Waals surface area contributed by atoms with Gasteiger partial charge in [-0.2, -0.15) is 0 Å². The molecule has 94 valence electrons. The van der Waals surface area contributed by atoms with E-state index in [1.165, 1.54) is 30.3 Å². The molecule has 5 heteroatoms. The first-order valence-electron chi connectivity index (χ1n) is 5.07. The van der Waals surface area contributed by atoms with Crippen LogP contribution in [0, 0.1) is 11.6 Å². The lowest BCUT2D eigenvalue weighted by Gasteiger charge is -2.13. The van der Waals surface area contributed by atoms with Crippen LogP contribution in [0.3, 0.4) is 0 Å². The van der Waals surface area contributed by atoms with Crippen molar-refractivity contribution in [1.82, 2.24) is 0 Å². The molecule has 0 spiro atoms. The summed E-state index contributed by atoms with van der Waals surface area (Å²) in [5.74, 6) is -0.938. The Kier molecular flexibility index (Phi) is 4.14. The Morgan fingerprint density at radius 2 is 1.61 bits per heavy atom. The van der Waals surface area contributed by atoms with Gasteiger partial charge in [0.25, 0.3) is 0 Å². The normalized spacial score (nSPS) is 12.5. The molecule has 0 aliphatic carbocycles. The molecule has 1 N–H and O–H groups in total. The molecule has 0 radical (unpaired) electrons. The van der Waals surface area contributed by atoms with Crippen molar-refractivity contribution in [3.8, 4) is 0 Å². The predicted octanol–water partition coefficient (Wildman–Crippen LogP) is 4.57. The third kappa shape index (κ3) is 2.79. The summed E-state index contributed by atoms with van der Waals surface area (Å²) in [6.45, 7) is 0. The van der Waals surface area contributed by atoms with Crippen LogP contribution in [0.5, 0.6) is 0 Å². The van der Waals surface area contributed by atoms with E-state index in [1.807, 2.05) is 0 Å². The molecule has 18 heavy (non-hydrogen) atoms. The molecule has 0 amide bonds. The summed E-state index contributed by atoms with van der Waals surface area (Å²) in [6.07, 6.45) is -1.14. The van der Waals surface area contributed by atoms with Crippen molar-refractivity contribution in [2.45, 2.75) is 6.10 Å². The molecule has 1 unspecified atom stereocenters. The van der Waals surface area contributed by atoms with Crippen LogP contribution in [0.25, 0.3) is 0 Å². The van der Waals surface area contributed by atoms with Crippen molar-refractivity contribution in [1.29, 1.82) is 0 Å². The Bertz CT molecular complexity index is 587. The van der Waals surface area contributed by atoms with E-state index in [2.05, 4.69) is 31.9 Å². The number of hydrogen-bond donors (Lipinski definition) is 1. The molecular weight excluding hydrogens is 370 g/mol.